The molecule has 0 saturated heterocycles. The predicted molar refractivity (Wildman–Crippen MR) is 122 cm³/mol. The topological polar surface area (TPSA) is 9.23 Å². The third-order valence-corrected chi connectivity index (χ3v) is 8.10. The van der Waals surface area contributed by atoms with Gasteiger partial charge in [-0.3, -0.25) is 0 Å². The van der Waals surface area contributed by atoms with Gasteiger partial charge in [0, 0.05) is 0 Å². The Morgan fingerprint density at radius 2 is 1.50 bits per heavy atom. The third-order valence-electron chi connectivity index (χ3n) is 7.80. The summed E-state index contributed by atoms with van der Waals surface area (Å²) in [5.41, 5.74) is 0.853. The lowest BCUT2D eigenvalue weighted by Crippen LogP contribution is -2.45. The molecule has 0 bridgehead atoms. The van der Waals surface area contributed by atoms with Gasteiger partial charge < -0.3 is 4.74 Å². The number of hydrogen-bond donors (Lipinski definition) is 0. The molecule has 0 heterocycles. The van der Waals surface area contributed by atoms with Gasteiger partial charge in [0.2, 0.25) is 0 Å². The van der Waals surface area contributed by atoms with E-state index in [0.717, 1.165) is 49.1 Å². The Hall–Kier alpha value is -1.11. The molecule has 2 aliphatic rings. The van der Waals surface area contributed by atoms with Crippen molar-refractivity contribution in [3.8, 4) is 5.75 Å². The van der Waals surface area contributed by atoms with Crippen molar-refractivity contribution in [1.29, 1.82) is 0 Å². The van der Waals surface area contributed by atoms with E-state index in [1.165, 1.54) is 57.4 Å². The Labute approximate surface area is 203 Å². The van der Waals surface area contributed by atoms with Gasteiger partial charge in [0.05, 0.1) is 5.02 Å². The van der Waals surface area contributed by atoms with Crippen LogP contribution in [0.2, 0.25) is 5.02 Å². The summed E-state index contributed by atoms with van der Waals surface area (Å²) in [6.45, 7) is 2.24. The van der Waals surface area contributed by atoms with E-state index in [1.54, 1.807) is 6.07 Å². The molecule has 0 aromatic heterocycles. The van der Waals surface area contributed by atoms with E-state index < -0.39 is 24.2 Å². The molecule has 2 aliphatic carbocycles. The molecule has 34 heavy (non-hydrogen) atoms. The summed E-state index contributed by atoms with van der Waals surface area (Å²) >= 11 is 6.02. The molecular formula is C26H35ClF6O. The predicted octanol–water partition coefficient (Wildman–Crippen LogP) is 9.87. The van der Waals surface area contributed by atoms with Crippen LogP contribution in [-0.2, 0) is 0 Å². The first-order chi connectivity index (χ1) is 16.0. The minimum absolute atomic E-state index is 0.220. The highest BCUT2D eigenvalue weighted by Crippen LogP contribution is 2.46. The summed E-state index contributed by atoms with van der Waals surface area (Å²) in [4.78, 5) is 0. The van der Waals surface area contributed by atoms with Crippen LogP contribution in [0.5, 0.6) is 5.75 Å². The number of hydrogen-bond acceptors (Lipinski definition) is 1. The average Bonchev–Trinajstić information content (AvgIpc) is 2.80. The van der Waals surface area contributed by atoms with E-state index in [-0.39, 0.29) is 10.9 Å². The second kappa shape index (κ2) is 11.7. The van der Waals surface area contributed by atoms with E-state index in [0.29, 0.717) is 5.92 Å². The van der Waals surface area contributed by atoms with Gasteiger partial charge in [-0.25, -0.2) is 4.39 Å². The number of benzene rings is 1. The highest BCUT2D eigenvalue weighted by atomic mass is 35.5. The van der Waals surface area contributed by atoms with Crippen LogP contribution < -0.4 is 4.74 Å². The summed E-state index contributed by atoms with van der Waals surface area (Å²) in [6.07, 6.45) is -0.474. The summed E-state index contributed by atoms with van der Waals surface area (Å²) in [7, 11) is 0. The maximum absolute atomic E-state index is 13.6. The zero-order valence-corrected chi connectivity index (χ0v) is 20.4. The van der Waals surface area contributed by atoms with E-state index in [2.05, 4.69) is 11.7 Å². The molecule has 0 radical (unpaired) electrons. The van der Waals surface area contributed by atoms with Gasteiger partial charge in [-0.2, -0.15) is 22.0 Å². The molecule has 3 rings (SSSR count). The molecule has 1 aromatic rings. The summed E-state index contributed by atoms with van der Waals surface area (Å²) in [5.74, 6) is 1.95. The normalized spacial score (nSPS) is 27.4. The minimum Gasteiger partial charge on any atom is -0.429 e. The lowest BCUT2D eigenvalue weighted by atomic mass is 9.68. The number of unbranched alkanes of at least 4 members (excludes halogenated alkanes) is 2. The molecule has 0 spiro atoms. The monoisotopic (exact) mass is 512 g/mol. The maximum atomic E-state index is 13.6. The van der Waals surface area contributed by atoms with Gasteiger partial charge in [-0.05, 0) is 79.9 Å². The Kier molecular flexibility index (Phi) is 9.50. The van der Waals surface area contributed by atoms with Crippen molar-refractivity contribution < 1.29 is 31.1 Å². The highest BCUT2D eigenvalue weighted by molar-refractivity contribution is 6.32. The van der Waals surface area contributed by atoms with Crippen molar-refractivity contribution in [3.63, 3.8) is 0 Å². The number of rotatable bonds is 9. The lowest BCUT2D eigenvalue weighted by molar-refractivity contribution is -0.304. The first kappa shape index (κ1) is 27.5. The van der Waals surface area contributed by atoms with Gasteiger partial charge in [-0.15, -0.1) is 0 Å². The van der Waals surface area contributed by atoms with Crippen molar-refractivity contribution in [2.75, 3.05) is 0 Å². The number of alkyl halides is 6. The fourth-order valence-corrected chi connectivity index (χ4v) is 6.03. The van der Waals surface area contributed by atoms with Crippen LogP contribution in [0, 0.1) is 17.8 Å². The summed E-state index contributed by atoms with van der Waals surface area (Å²) < 4.78 is 81.3. The first-order valence-electron chi connectivity index (χ1n) is 12.6. The van der Waals surface area contributed by atoms with Crippen molar-refractivity contribution >= 4 is 11.6 Å². The molecule has 1 atom stereocenters. The van der Waals surface area contributed by atoms with Crippen LogP contribution in [0.4, 0.5) is 26.3 Å². The maximum Gasteiger partial charge on any atom is 0.439 e. The Morgan fingerprint density at radius 1 is 0.912 bits per heavy atom. The summed E-state index contributed by atoms with van der Waals surface area (Å²) in [6, 6.07) is 4.12. The van der Waals surface area contributed by atoms with Crippen LogP contribution in [0.25, 0.3) is 0 Å². The Bertz CT molecular complexity index is 767. The SMILES string of the molecule is CCCCCC1CCC(C2CCC(c3ccc(OC(F)(F)C(F)C(F)(F)F)c(Cl)c3)CC2)CC1. The van der Waals surface area contributed by atoms with E-state index >= 15 is 0 Å². The Balaban J connectivity index is 1.50. The van der Waals surface area contributed by atoms with Gasteiger partial charge in [0.1, 0.15) is 5.75 Å². The molecule has 0 amide bonds. The van der Waals surface area contributed by atoms with E-state index in [1.807, 2.05) is 0 Å². The fraction of sp³-hybridized carbons (Fsp3) is 0.769. The fourth-order valence-electron chi connectivity index (χ4n) is 5.80. The number of ether oxygens (including phenoxy) is 1. The smallest absolute Gasteiger partial charge is 0.429 e. The molecule has 194 valence electrons. The molecule has 0 N–H and O–H groups in total. The molecule has 0 aliphatic heterocycles. The third kappa shape index (κ3) is 7.20. The van der Waals surface area contributed by atoms with Crippen molar-refractivity contribution in [3.05, 3.63) is 28.8 Å². The van der Waals surface area contributed by atoms with Gasteiger partial charge in [0.25, 0.3) is 6.17 Å². The molecule has 8 heteroatoms. The zero-order valence-electron chi connectivity index (χ0n) is 19.7. The van der Waals surface area contributed by atoms with Gasteiger partial charge >= 0.3 is 12.3 Å². The van der Waals surface area contributed by atoms with E-state index in [4.69, 9.17) is 11.6 Å². The minimum atomic E-state index is -5.73. The molecule has 1 unspecified atom stereocenters. The van der Waals surface area contributed by atoms with E-state index in [9.17, 15) is 26.3 Å². The Morgan fingerprint density at radius 3 is 2.03 bits per heavy atom. The highest BCUT2D eigenvalue weighted by Gasteiger charge is 2.59. The second-order valence-electron chi connectivity index (χ2n) is 10.1. The average molecular weight is 513 g/mol. The van der Waals surface area contributed by atoms with Crippen LogP contribution >= 0.6 is 11.6 Å². The standard InChI is InChI=1S/C26H35ClF6O/c1-2-3-4-5-17-6-8-18(9-7-17)19-10-12-20(13-11-19)21-14-15-23(22(27)16-21)34-26(32,33)24(28)25(29,30)31/h14-20,24H,2-13H2,1H3. The first-order valence-corrected chi connectivity index (χ1v) is 13.0. The van der Waals surface area contributed by atoms with Crippen molar-refractivity contribution in [2.45, 2.75) is 108 Å². The van der Waals surface area contributed by atoms with Gasteiger partial charge in [0.15, 0.2) is 0 Å². The van der Waals surface area contributed by atoms with Crippen LogP contribution in [0.1, 0.15) is 95.5 Å². The van der Waals surface area contributed by atoms with Crippen molar-refractivity contribution in [1.82, 2.24) is 0 Å². The van der Waals surface area contributed by atoms with Crippen LogP contribution in [0.3, 0.4) is 0 Å². The quantitative estimate of drug-likeness (QED) is 0.236. The van der Waals surface area contributed by atoms with Crippen LogP contribution in [0.15, 0.2) is 18.2 Å². The largest absolute Gasteiger partial charge is 0.439 e. The molecule has 2 fully saturated rings. The molecule has 1 aromatic carbocycles. The molecular weight excluding hydrogens is 478 g/mol. The zero-order chi connectivity index (χ0) is 24.9. The number of halogens is 7. The van der Waals surface area contributed by atoms with Crippen LogP contribution in [-0.4, -0.2) is 18.5 Å². The summed E-state index contributed by atoms with van der Waals surface area (Å²) in [5, 5.41) is -0.241. The van der Waals surface area contributed by atoms with Gasteiger partial charge in [-0.1, -0.05) is 63.1 Å². The molecule has 1 nitrogen and oxygen atoms in total. The second-order valence-corrected chi connectivity index (χ2v) is 10.6. The molecule has 2 saturated carbocycles. The van der Waals surface area contributed by atoms with Crippen molar-refractivity contribution in [2.24, 2.45) is 17.8 Å². The lowest BCUT2D eigenvalue weighted by Gasteiger charge is -2.38.